The van der Waals surface area contributed by atoms with E-state index in [1.165, 1.54) is 32.1 Å². The molecule has 0 bridgehead atoms. The molecule has 4 nitrogen and oxygen atoms in total. The van der Waals surface area contributed by atoms with Crippen LogP contribution in [0.3, 0.4) is 0 Å². The van der Waals surface area contributed by atoms with E-state index in [-0.39, 0.29) is 0 Å². The first kappa shape index (κ1) is 15.2. The van der Waals surface area contributed by atoms with Gasteiger partial charge in [0, 0.05) is 19.6 Å². The molecule has 0 spiro atoms. The summed E-state index contributed by atoms with van der Waals surface area (Å²) in [6.07, 6.45) is 6.64. The Bertz CT molecular complexity index is 367. The van der Waals surface area contributed by atoms with Gasteiger partial charge in [0.05, 0.1) is 5.69 Å². The molecule has 1 aliphatic rings. The van der Waals surface area contributed by atoms with Gasteiger partial charge in [-0.05, 0) is 37.4 Å². The molecule has 1 fully saturated rings. The van der Waals surface area contributed by atoms with Crippen LogP contribution < -0.4 is 10.2 Å². The number of nitrogens with zero attached hydrogens (tertiary/aromatic N) is 3. The zero-order chi connectivity index (χ0) is 14.2. The lowest BCUT2D eigenvalue weighted by atomic mass is 10.1. The molecular formula is C16H28N4. The maximum atomic E-state index is 4.41. The summed E-state index contributed by atoms with van der Waals surface area (Å²) in [7, 11) is 0. The highest BCUT2D eigenvalue weighted by molar-refractivity contribution is 5.37. The zero-order valence-electron chi connectivity index (χ0n) is 12.9. The fourth-order valence-electron chi connectivity index (χ4n) is 2.58. The van der Waals surface area contributed by atoms with Crippen LogP contribution in [0.5, 0.6) is 0 Å². The molecule has 1 N–H and O–H groups in total. The van der Waals surface area contributed by atoms with E-state index in [1.54, 1.807) is 0 Å². The van der Waals surface area contributed by atoms with Crippen molar-refractivity contribution in [1.29, 1.82) is 0 Å². The molecule has 20 heavy (non-hydrogen) atoms. The van der Waals surface area contributed by atoms with E-state index in [1.807, 2.05) is 0 Å². The molecule has 4 heteroatoms. The van der Waals surface area contributed by atoms with E-state index >= 15 is 0 Å². The maximum Gasteiger partial charge on any atom is 0.151 e. The molecule has 1 aromatic rings. The number of nitrogens with one attached hydrogen (secondary N) is 1. The first-order valence-corrected chi connectivity index (χ1v) is 8.04. The molecule has 0 unspecified atom stereocenters. The highest BCUT2D eigenvalue weighted by Gasteiger charge is 2.10. The summed E-state index contributed by atoms with van der Waals surface area (Å²) in [5.41, 5.74) is 1.03. The monoisotopic (exact) mass is 276 g/mol. The lowest BCUT2D eigenvalue weighted by Crippen LogP contribution is -2.28. The Morgan fingerprint density at radius 3 is 2.35 bits per heavy atom. The lowest BCUT2D eigenvalue weighted by Gasteiger charge is -2.25. The smallest absolute Gasteiger partial charge is 0.151 e. The van der Waals surface area contributed by atoms with Crippen LogP contribution in [-0.2, 0) is 6.54 Å². The van der Waals surface area contributed by atoms with Crippen molar-refractivity contribution in [2.45, 2.75) is 52.5 Å². The lowest BCUT2D eigenvalue weighted by molar-refractivity contribution is 0.542. The van der Waals surface area contributed by atoms with Gasteiger partial charge >= 0.3 is 0 Å². The quantitative estimate of drug-likeness (QED) is 0.897. The summed E-state index contributed by atoms with van der Waals surface area (Å²) in [5, 5.41) is 12.2. The van der Waals surface area contributed by atoms with Crippen molar-refractivity contribution in [1.82, 2.24) is 15.5 Å². The van der Waals surface area contributed by atoms with E-state index in [9.17, 15) is 0 Å². The van der Waals surface area contributed by atoms with Crippen molar-refractivity contribution in [2.75, 3.05) is 24.5 Å². The molecule has 1 aromatic heterocycles. The average molecular weight is 276 g/mol. The molecule has 0 aliphatic carbocycles. The Kier molecular flexibility index (Phi) is 6.25. The van der Waals surface area contributed by atoms with Crippen molar-refractivity contribution in [2.24, 2.45) is 5.92 Å². The normalized spacial score (nSPS) is 17.1. The van der Waals surface area contributed by atoms with Crippen LogP contribution in [0.2, 0.25) is 0 Å². The Hall–Kier alpha value is -1.16. The number of rotatable bonds is 5. The zero-order valence-corrected chi connectivity index (χ0v) is 12.9. The van der Waals surface area contributed by atoms with Gasteiger partial charge in [-0.1, -0.05) is 33.1 Å². The topological polar surface area (TPSA) is 41.0 Å². The van der Waals surface area contributed by atoms with E-state index in [4.69, 9.17) is 0 Å². The Morgan fingerprint density at radius 1 is 1.05 bits per heavy atom. The Labute approximate surface area is 123 Å². The molecule has 0 radical (unpaired) electrons. The molecule has 1 aliphatic heterocycles. The Morgan fingerprint density at radius 2 is 1.75 bits per heavy atom. The average Bonchev–Trinajstić information content (AvgIpc) is 2.39. The predicted molar refractivity (Wildman–Crippen MR) is 83.9 cm³/mol. The Balaban J connectivity index is 1.86. The third-order valence-electron chi connectivity index (χ3n) is 3.74. The van der Waals surface area contributed by atoms with Crippen LogP contribution >= 0.6 is 0 Å². The highest BCUT2D eigenvalue weighted by Crippen LogP contribution is 2.16. The van der Waals surface area contributed by atoms with Crippen molar-refractivity contribution in [3.8, 4) is 0 Å². The summed E-state index contributed by atoms with van der Waals surface area (Å²) in [6, 6.07) is 4.23. The third-order valence-corrected chi connectivity index (χ3v) is 3.74. The van der Waals surface area contributed by atoms with Gasteiger partial charge in [0.15, 0.2) is 5.82 Å². The number of hydrogen-bond acceptors (Lipinski definition) is 4. The molecular weight excluding hydrogens is 248 g/mol. The largest absolute Gasteiger partial charge is 0.355 e. The highest BCUT2D eigenvalue weighted by atomic mass is 15.3. The van der Waals surface area contributed by atoms with E-state index in [0.717, 1.165) is 37.7 Å². The fraction of sp³-hybridized carbons (Fsp3) is 0.750. The molecule has 2 rings (SSSR count). The van der Waals surface area contributed by atoms with Crippen LogP contribution in [0.15, 0.2) is 12.1 Å². The second kappa shape index (κ2) is 8.20. The first-order valence-electron chi connectivity index (χ1n) is 8.04. The van der Waals surface area contributed by atoms with Crippen molar-refractivity contribution in [3.63, 3.8) is 0 Å². The van der Waals surface area contributed by atoms with Crippen molar-refractivity contribution >= 4 is 5.82 Å². The van der Waals surface area contributed by atoms with E-state index in [0.29, 0.717) is 5.92 Å². The van der Waals surface area contributed by atoms with Gasteiger partial charge in [0.1, 0.15) is 0 Å². The van der Waals surface area contributed by atoms with Gasteiger partial charge in [-0.2, -0.15) is 5.10 Å². The standard InChI is InChI=1S/C16H28N4/c1-14(2)12-17-13-15-8-9-16(19-18-15)20-10-6-4-3-5-7-11-20/h8-9,14,17H,3-7,10-13H2,1-2H3. The molecule has 112 valence electrons. The number of anilines is 1. The van der Waals surface area contributed by atoms with E-state index in [2.05, 4.69) is 46.4 Å². The molecule has 0 amide bonds. The van der Waals surface area contributed by atoms with E-state index < -0.39 is 0 Å². The van der Waals surface area contributed by atoms with Gasteiger partial charge in [-0.15, -0.1) is 5.10 Å². The predicted octanol–water partition coefficient (Wildman–Crippen LogP) is 2.99. The molecule has 1 saturated heterocycles. The summed E-state index contributed by atoms with van der Waals surface area (Å²) in [5.74, 6) is 1.71. The van der Waals surface area contributed by atoms with Crippen LogP contribution in [0.4, 0.5) is 5.82 Å². The number of hydrogen-bond donors (Lipinski definition) is 1. The van der Waals surface area contributed by atoms with Gasteiger partial charge in [0.2, 0.25) is 0 Å². The molecule has 0 saturated carbocycles. The van der Waals surface area contributed by atoms with Gasteiger partial charge < -0.3 is 10.2 Å². The van der Waals surface area contributed by atoms with Crippen LogP contribution in [0.1, 0.15) is 51.6 Å². The van der Waals surface area contributed by atoms with Crippen molar-refractivity contribution in [3.05, 3.63) is 17.8 Å². The minimum atomic E-state index is 0.670. The second-order valence-corrected chi connectivity index (χ2v) is 6.16. The minimum absolute atomic E-state index is 0.670. The fourth-order valence-corrected chi connectivity index (χ4v) is 2.58. The first-order chi connectivity index (χ1) is 9.75. The van der Waals surface area contributed by atoms with Gasteiger partial charge in [0.25, 0.3) is 0 Å². The van der Waals surface area contributed by atoms with Crippen LogP contribution in [-0.4, -0.2) is 29.8 Å². The van der Waals surface area contributed by atoms with Crippen LogP contribution in [0.25, 0.3) is 0 Å². The van der Waals surface area contributed by atoms with Gasteiger partial charge in [-0.3, -0.25) is 0 Å². The summed E-state index contributed by atoms with van der Waals surface area (Å²) in [4.78, 5) is 2.39. The van der Waals surface area contributed by atoms with Crippen molar-refractivity contribution < 1.29 is 0 Å². The summed E-state index contributed by atoms with van der Waals surface area (Å²) >= 11 is 0. The maximum absolute atomic E-state index is 4.41. The SMILES string of the molecule is CC(C)CNCc1ccc(N2CCCCCCC2)nn1. The van der Waals surface area contributed by atoms with Gasteiger partial charge in [-0.25, -0.2) is 0 Å². The second-order valence-electron chi connectivity index (χ2n) is 6.16. The molecule has 2 heterocycles. The third kappa shape index (κ3) is 5.08. The summed E-state index contributed by atoms with van der Waals surface area (Å²) < 4.78 is 0. The van der Waals surface area contributed by atoms with Crippen LogP contribution in [0, 0.1) is 5.92 Å². The molecule has 0 atom stereocenters. The minimum Gasteiger partial charge on any atom is -0.355 e. The molecule has 0 aromatic carbocycles. The summed E-state index contributed by atoms with van der Waals surface area (Å²) in [6.45, 7) is 8.51. The number of aromatic nitrogens is 2.